The van der Waals surface area contributed by atoms with Crippen LogP contribution in [-0.4, -0.2) is 26.8 Å². The summed E-state index contributed by atoms with van der Waals surface area (Å²) in [6.45, 7) is 6.88. The average Bonchev–Trinajstić information content (AvgIpc) is 3.41. The van der Waals surface area contributed by atoms with Crippen molar-refractivity contribution in [2.45, 2.75) is 51.6 Å². The highest BCUT2D eigenvalue weighted by molar-refractivity contribution is 7.99. The van der Waals surface area contributed by atoms with Crippen molar-refractivity contribution in [1.29, 1.82) is 5.26 Å². The van der Waals surface area contributed by atoms with Gasteiger partial charge in [-0.15, -0.1) is 16.4 Å². The topological polar surface area (TPSA) is 94.5 Å². The van der Waals surface area contributed by atoms with Gasteiger partial charge in [0.1, 0.15) is 11.1 Å². The molecule has 2 heterocycles. The minimum absolute atomic E-state index is 0.164. The summed E-state index contributed by atoms with van der Waals surface area (Å²) in [6.07, 6.45) is 4.09. The zero-order chi connectivity index (χ0) is 23.6. The van der Waals surface area contributed by atoms with Gasteiger partial charge in [-0.2, -0.15) is 5.26 Å². The van der Waals surface area contributed by atoms with Crippen LogP contribution in [0.5, 0.6) is 0 Å². The lowest BCUT2D eigenvalue weighted by Crippen LogP contribution is -2.28. The number of amides is 1. The number of hydrogen-bond acceptors (Lipinski definition) is 6. The van der Waals surface area contributed by atoms with Crippen molar-refractivity contribution in [3.63, 3.8) is 0 Å². The monoisotopic (exact) mass is 499 g/mol. The van der Waals surface area contributed by atoms with E-state index in [2.05, 4.69) is 47.3 Å². The molecule has 6 nitrogen and oxygen atoms in total. The largest absolute Gasteiger partial charge is 0.316 e. The molecule has 1 aliphatic carbocycles. The van der Waals surface area contributed by atoms with Crippen LogP contribution in [0.3, 0.4) is 0 Å². The second-order valence-electron chi connectivity index (χ2n) is 8.91. The van der Waals surface area contributed by atoms with Crippen LogP contribution in [-0.2, 0) is 17.6 Å². The number of H-pyrrole nitrogens is 1. The van der Waals surface area contributed by atoms with Gasteiger partial charge in [0.15, 0.2) is 5.82 Å². The molecule has 0 radical (unpaired) electrons. The number of halogens is 1. The molecule has 0 saturated heterocycles. The molecule has 9 heteroatoms. The standard InChI is InChI=1S/C24H26ClN5OS2/c1-4-24(2,3)15-7-10-17-18(12-26)22(33-19(17)11-15)27-20(31)13-32-23-28-21(29-30-23)14-5-8-16(25)9-6-14/h5-6,8-9,15H,4,7,10-11,13H2,1-3H3,(H,27,31)(H,28,29,30)/t15-/m1/s1. The maximum absolute atomic E-state index is 12.6. The van der Waals surface area contributed by atoms with Gasteiger partial charge >= 0.3 is 0 Å². The quantitative estimate of drug-likeness (QED) is 0.370. The maximum Gasteiger partial charge on any atom is 0.235 e. The van der Waals surface area contributed by atoms with E-state index in [9.17, 15) is 10.1 Å². The van der Waals surface area contributed by atoms with Gasteiger partial charge < -0.3 is 5.32 Å². The van der Waals surface area contributed by atoms with Gasteiger partial charge in [0.2, 0.25) is 11.1 Å². The van der Waals surface area contributed by atoms with E-state index < -0.39 is 0 Å². The van der Waals surface area contributed by atoms with Gasteiger partial charge in [0.05, 0.1) is 11.3 Å². The van der Waals surface area contributed by atoms with Crippen molar-refractivity contribution in [2.24, 2.45) is 11.3 Å². The highest BCUT2D eigenvalue weighted by Crippen LogP contribution is 2.45. The number of aromatic nitrogens is 3. The predicted molar refractivity (Wildman–Crippen MR) is 135 cm³/mol. The molecule has 0 unspecified atom stereocenters. The first-order chi connectivity index (χ1) is 15.8. The minimum Gasteiger partial charge on any atom is -0.316 e. The molecule has 0 saturated carbocycles. The Morgan fingerprint density at radius 1 is 1.39 bits per heavy atom. The number of benzene rings is 1. The molecule has 0 fully saturated rings. The van der Waals surface area contributed by atoms with E-state index in [-0.39, 0.29) is 17.1 Å². The number of carbonyl (C=O) groups is 1. The molecular formula is C24H26ClN5OS2. The van der Waals surface area contributed by atoms with E-state index in [1.165, 1.54) is 16.6 Å². The fourth-order valence-corrected chi connectivity index (χ4v) is 6.11. The molecule has 33 heavy (non-hydrogen) atoms. The lowest BCUT2D eigenvalue weighted by atomic mass is 9.69. The maximum atomic E-state index is 12.6. The Morgan fingerprint density at radius 2 is 2.15 bits per heavy atom. The van der Waals surface area contributed by atoms with Crippen LogP contribution in [0.15, 0.2) is 29.4 Å². The molecular weight excluding hydrogens is 474 g/mol. The molecule has 1 atom stereocenters. The van der Waals surface area contributed by atoms with Crippen LogP contribution in [0.25, 0.3) is 11.4 Å². The van der Waals surface area contributed by atoms with E-state index >= 15 is 0 Å². The van der Waals surface area contributed by atoms with Crippen LogP contribution in [0, 0.1) is 22.7 Å². The van der Waals surface area contributed by atoms with Crippen molar-refractivity contribution in [3.05, 3.63) is 45.3 Å². The third-order valence-corrected chi connectivity index (χ3v) is 8.83. The van der Waals surface area contributed by atoms with Gasteiger partial charge in [-0.05, 0) is 60.4 Å². The minimum atomic E-state index is -0.168. The molecule has 0 bridgehead atoms. The van der Waals surface area contributed by atoms with Crippen molar-refractivity contribution in [2.75, 3.05) is 11.1 Å². The van der Waals surface area contributed by atoms with Gasteiger partial charge in [-0.1, -0.05) is 50.6 Å². The Bertz CT molecular complexity index is 1190. The highest BCUT2D eigenvalue weighted by Gasteiger charge is 2.34. The summed E-state index contributed by atoms with van der Waals surface area (Å²) in [6, 6.07) is 9.62. The van der Waals surface area contributed by atoms with E-state index in [0.29, 0.717) is 32.5 Å². The highest BCUT2D eigenvalue weighted by atomic mass is 35.5. The second-order valence-corrected chi connectivity index (χ2v) is 11.4. The Morgan fingerprint density at radius 3 is 2.85 bits per heavy atom. The fraction of sp³-hybridized carbons (Fsp3) is 0.417. The van der Waals surface area contributed by atoms with Crippen LogP contribution in [0.4, 0.5) is 5.00 Å². The third-order valence-electron chi connectivity index (χ3n) is 6.56. The average molecular weight is 500 g/mol. The summed E-state index contributed by atoms with van der Waals surface area (Å²) in [5, 5.41) is 21.6. The van der Waals surface area contributed by atoms with E-state index in [1.807, 2.05) is 12.1 Å². The lowest BCUT2D eigenvalue weighted by Gasteiger charge is -2.36. The molecule has 0 aliphatic heterocycles. The Kier molecular flexibility index (Phi) is 7.13. The first-order valence-electron chi connectivity index (χ1n) is 11.0. The number of nitriles is 1. The van der Waals surface area contributed by atoms with Crippen molar-refractivity contribution in [3.8, 4) is 17.5 Å². The van der Waals surface area contributed by atoms with Crippen molar-refractivity contribution >= 4 is 45.6 Å². The van der Waals surface area contributed by atoms with Crippen molar-refractivity contribution in [1.82, 2.24) is 15.2 Å². The zero-order valence-electron chi connectivity index (χ0n) is 18.9. The Hall–Kier alpha value is -2.34. The smallest absolute Gasteiger partial charge is 0.235 e. The van der Waals surface area contributed by atoms with Crippen LogP contribution < -0.4 is 5.32 Å². The molecule has 2 aromatic heterocycles. The molecule has 2 N–H and O–H groups in total. The number of nitrogens with zero attached hydrogens (tertiary/aromatic N) is 3. The normalized spacial score (nSPS) is 15.7. The number of nitrogens with one attached hydrogen (secondary N) is 2. The molecule has 4 rings (SSSR count). The summed E-state index contributed by atoms with van der Waals surface area (Å²) in [4.78, 5) is 18.3. The number of carbonyl (C=O) groups excluding carboxylic acids is 1. The van der Waals surface area contributed by atoms with E-state index in [0.717, 1.165) is 36.8 Å². The first kappa shape index (κ1) is 23.8. The Labute approximate surface area is 207 Å². The summed E-state index contributed by atoms with van der Waals surface area (Å²) in [7, 11) is 0. The van der Waals surface area contributed by atoms with Gasteiger partial charge in [0, 0.05) is 15.5 Å². The van der Waals surface area contributed by atoms with Crippen LogP contribution in [0.2, 0.25) is 5.02 Å². The SMILES string of the molecule is CCC(C)(C)[C@@H]1CCc2c(sc(NC(=O)CSc3n[nH]c(-c4ccc(Cl)cc4)n3)c2C#N)C1. The molecule has 1 aliphatic rings. The van der Waals surface area contributed by atoms with Gasteiger partial charge in [0.25, 0.3) is 0 Å². The number of thiophene rings is 1. The van der Waals surface area contributed by atoms with Crippen molar-refractivity contribution < 1.29 is 4.79 Å². The number of anilines is 1. The lowest BCUT2D eigenvalue weighted by molar-refractivity contribution is -0.113. The molecule has 3 aromatic rings. The summed E-state index contributed by atoms with van der Waals surface area (Å²) >= 11 is 8.74. The number of fused-ring (bicyclic) bond motifs is 1. The van der Waals surface area contributed by atoms with Gasteiger partial charge in [-0.25, -0.2) is 4.98 Å². The predicted octanol–water partition coefficient (Wildman–Crippen LogP) is 6.33. The van der Waals surface area contributed by atoms with Gasteiger partial charge in [-0.3, -0.25) is 9.89 Å². The number of thioether (sulfide) groups is 1. The second kappa shape index (κ2) is 9.88. The number of aromatic amines is 1. The van der Waals surface area contributed by atoms with Crippen LogP contribution >= 0.6 is 34.7 Å². The first-order valence-corrected chi connectivity index (χ1v) is 13.1. The number of rotatable bonds is 7. The van der Waals surface area contributed by atoms with E-state index in [1.54, 1.807) is 23.5 Å². The fourth-order valence-electron chi connectivity index (χ4n) is 4.09. The molecule has 1 amide bonds. The molecule has 172 valence electrons. The summed E-state index contributed by atoms with van der Waals surface area (Å²) in [5.41, 5.74) is 2.89. The zero-order valence-corrected chi connectivity index (χ0v) is 21.3. The van der Waals surface area contributed by atoms with Crippen LogP contribution in [0.1, 0.15) is 49.6 Å². The summed E-state index contributed by atoms with van der Waals surface area (Å²) in [5.74, 6) is 1.21. The van der Waals surface area contributed by atoms with E-state index in [4.69, 9.17) is 11.6 Å². The summed E-state index contributed by atoms with van der Waals surface area (Å²) < 4.78 is 0. The third kappa shape index (κ3) is 5.26. The molecule has 1 aromatic carbocycles. The number of hydrogen-bond donors (Lipinski definition) is 2. The molecule has 0 spiro atoms. The Balaban J connectivity index is 1.39.